The highest BCUT2D eigenvalue weighted by molar-refractivity contribution is 9.10. The molecule has 5 heteroatoms. The molecule has 21 heavy (non-hydrogen) atoms. The minimum Gasteiger partial charge on any atom is -0.367 e. The second kappa shape index (κ2) is 8.27. The van der Waals surface area contributed by atoms with E-state index in [1.54, 1.807) is 0 Å². The Labute approximate surface area is 135 Å². The van der Waals surface area contributed by atoms with Crippen molar-refractivity contribution in [3.05, 3.63) is 28.7 Å². The number of unbranched alkanes of at least 4 members (excludes halogenated alkanes) is 2. The molecule has 0 aliphatic carbocycles. The van der Waals surface area contributed by atoms with E-state index in [0.29, 0.717) is 0 Å². The van der Waals surface area contributed by atoms with E-state index in [9.17, 15) is 4.79 Å². The first-order chi connectivity index (χ1) is 10.2. The highest BCUT2D eigenvalue weighted by Crippen LogP contribution is 2.26. The predicted molar refractivity (Wildman–Crippen MR) is 90.9 cm³/mol. The zero-order valence-electron chi connectivity index (χ0n) is 12.6. The third kappa shape index (κ3) is 4.63. The Morgan fingerprint density at radius 3 is 2.57 bits per heavy atom. The third-order valence-electron chi connectivity index (χ3n) is 3.82. The zero-order valence-corrected chi connectivity index (χ0v) is 14.2. The fraction of sp³-hybridized carbons (Fsp3) is 0.562. The van der Waals surface area contributed by atoms with Crippen molar-refractivity contribution in [3.8, 4) is 0 Å². The van der Waals surface area contributed by atoms with E-state index >= 15 is 0 Å². The number of amides is 2. The number of nitrogens with one attached hydrogen (secondary N) is 1. The van der Waals surface area contributed by atoms with Crippen molar-refractivity contribution in [2.75, 3.05) is 37.6 Å². The molecule has 116 valence electrons. The van der Waals surface area contributed by atoms with Gasteiger partial charge in [-0.25, -0.2) is 4.79 Å². The molecule has 1 heterocycles. The summed E-state index contributed by atoms with van der Waals surface area (Å²) in [5, 5.41) is 3.01. The van der Waals surface area contributed by atoms with E-state index < -0.39 is 0 Å². The van der Waals surface area contributed by atoms with Gasteiger partial charge in [0.1, 0.15) is 0 Å². The monoisotopic (exact) mass is 353 g/mol. The van der Waals surface area contributed by atoms with Gasteiger partial charge in [0, 0.05) is 37.2 Å². The Hall–Kier alpha value is -1.23. The minimum absolute atomic E-state index is 0.0814. The van der Waals surface area contributed by atoms with Gasteiger partial charge < -0.3 is 15.1 Å². The SMILES string of the molecule is CCCCCNC(=O)N1CCN(c2ccccc2Br)CC1. The van der Waals surface area contributed by atoms with Crippen molar-refractivity contribution in [1.29, 1.82) is 0 Å². The molecule has 0 spiro atoms. The first-order valence-corrected chi connectivity index (χ1v) is 8.54. The van der Waals surface area contributed by atoms with Crippen LogP contribution in [0.2, 0.25) is 0 Å². The largest absolute Gasteiger partial charge is 0.367 e. The summed E-state index contributed by atoms with van der Waals surface area (Å²) in [5.74, 6) is 0. The summed E-state index contributed by atoms with van der Waals surface area (Å²) in [7, 11) is 0. The maximum absolute atomic E-state index is 12.1. The van der Waals surface area contributed by atoms with Gasteiger partial charge in [-0.05, 0) is 34.5 Å². The maximum Gasteiger partial charge on any atom is 0.317 e. The van der Waals surface area contributed by atoms with Crippen LogP contribution < -0.4 is 10.2 Å². The number of piperazine rings is 1. The smallest absolute Gasteiger partial charge is 0.317 e. The van der Waals surface area contributed by atoms with Crippen molar-refractivity contribution < 1.29 is 4.79 Å². The molecule has 1 aromatic carbocycles. The van der Waals surface area contributed by atoms with Crippen LogP contribution in [0.1, 0.15) is 26.2 Å². The van der Waals surface area contributed by atoms with E-state index in [1.807, 2.05) is 17.0 Å². The number of urea groups is 1. The minimum atomic E-state index is 0.0814. The number of benzene rings is 1. The molecule has 0 atom stereocenters. The summed E-state index contributed by atoms with van der Waals surface area (Å²) in [6.45, 7) is 6.28. The topological polar surface area (TPSA) is 35.6 Å². The van der Waals surface area contributed by atoms with E-state index in [0.717, 1.165) is 43.6 Å². The third-order valence-corrected chi connectivity index (χ3v) is 4.49. The van der Waals surface area contributed by atoms with Gasteiger partial charge in [-0.3, -0.25) is 0 Å². The standard InChI is InChI=1S/C16H24BrN3O/c1-2-3-6-9-18-16(21)20-12-10-19(11-13-20)15-8-5-4-7-14(15)17/h4-5,7-8H,2-3,6,9-13H2,1H3,(H,18,21). The molecule has 1 N–H and O–H groups in total. The number of anilines is 1. The summed E-state index contributed by atoms with van der Waals surface area (Å²) < 4.78 is 1.11. The highest BCUT2D eigenvalue weighted by atomic mass is 79.9. The van der Waals surface area contributed by atoms with E-state index in [4.69, 9.17) is 0 Å². The average molecular weight is 354 g/mol. The summed E-state index contributed by atoms with van der Waals surface area (Å²) in [4.78, 5) is 16.3. The fourth-order valence-electron chi connectivity index (χ4n) is 2.54. The van der Waals surface area contributed by atoms with Crippen LogP contribution in [0, 0.1) is 0 Å². The first kappa shape index (κ1) is 16.1. The lowest BCUT2D eigenvalue weighted by Crippen LogP contribution is -2.52. The molecule has 1 fully saturated rings. The molecule has 0 radical (unpaired) electrons. The molecule has 1 aliphatic heterocycles. The van der Waals surface area contributed by atoms with Gasteiger partial charge in [0.25, 0.3) is 0 Å². The molecule has 2 rings (SSSR count). The summed E-state index contributed by atoms with van der Waals surface area (Å²) in [5.41, 5.74) is 1.21. The number of hydrogen-bond acceptors (Lipinski definition) is 2. The molecule has 1 saturated heterocycles. The first-order valence-electron chi connectivity index (χ1n) is 7.74. The number of carbonyl (C=O) groups is 1. The van der Waals surface area contributed by atoms with Crippen LogP contribution >= 0.6 is 15.9 Å². The Morgan fingerprint density at radius 2 is 1.90 bits per heavy atom. The lowest BCUT2D eigenvalue weighted by atomic mass is 10.2. The van der Waals surface area contributed by atoms with Gasteiger partial charge in [-0.2, -0.15) is 0 Å². The highest BCUT2D eigenvalue weighted by Gasteiger charge is 2.21. The number of carbonyl (C=O) groups excluding carboxylic acids is 1. The molecule has 1 aromatic rings. The lowest BCUT2D eigenvalue weighted by molar-refractivity contribution is 0.194. The Morgan fingerprint density at radius 1 is 1.19 bits per heavy atom. The number of halogens is 1. The molecule has 0 saturated carbocycles. The Bertz CT molecular complexity index is 459. The number of hydrogen-bond donors (Lipinski definition) is 1. The van der Waals surface area contributed by atoms with Crippen molar-refractivity contribution >= 4 is 27.6 Å². The maximum atomic E-state index is 12.1. The van der Waals surface area contributed by atoms with Crippen molar-refractivity contribution in [2.24, 2.45) is 0 Å². The van der Waals surface area contributed by atoms with E-state index in [1.165, 1.54) is 18.5 Å². The number of rotatable bonds is 5. The van der Waals surface area contributed by atoms with Crippen LogP contribution in [0.25, 0.3) is 0 Å². The summed E-state index contributed by atoms with van der Waals surface area (Å²) in [6, 6.07) is 8.32. The van der Waals surface area contributed by atoms with Crippen molar-refractivity contribution in [1.82, 2.24) is 10.2 Å². The van der Waals surface area contributed by atoms with Crippen LogP contribution in [0.4, 0.5) is 10.5 Å². The predicted octanol–water partition coefficient (Wildman–Crippen LogP) is 3.47. The Kier molecular flexibility index (Phi) is 6.36. The van der Waals surface area contributed by atoms with Crippen LogP contribution in [0.3, 0.4) is 0 Å². The number of para-hydroxylation sites is 1. The molecule has 2 amide bonds. The van der Waals surface area contributed by atoms with Gasteiger partial charge in [-0.1, -0.05) is 31.9 Å². The number of nitrogens with zero attached hydrogens (tertiary/aromatic N) is 2. The molecular formula is C16H24BrN3O. The lowest BCUT2D eigenvalue weighted by Gasteiger charge is -2.36. The fourth-order valence-corrected chi connectivity index (χ4v) is 3.08. The molecule has 1 aliphatic rings. The molecule has 0 unspecified atom stereocenters. The summed E-state index contributed by atoms with van der Waals surface area (Å²) in [6.07, 6.45) is 3.43. The van der Waals surface area contributed by atoms with E-state index in [2.05, 4.69) is 45.2 Å². The average Bonchev–Trinajstić information content (AvgIpc) is 2.52. The van der Waals surface area contributed by atoms with Crippen molar-refractivity contribution in [3.63, 3.8) is 0 Å². The van der Waals surface area contributed by atoms with Gasteiger partial charge >= 0.3 is 6.03 Å². The van der Waals surface area contributed by atoms with Gasteiger partial charge in [0.15, 0.2) is 0 Å². The zero-order chi connectivity index (χ0) is 15.1. The van der Waals surface area contributed by atoms with Crippen molar-refractivity contribution in [2.45, 2.75) is 26.2 Å². The quantitative estimate of drug-likeness (QED) is 0.822. The van der Waals surface area contributed by atoms with Gasteiger partial charge in [0.2, 0.25) is 0 Å². The molecule has 0 aromatic heterocycles. The van der Waals surface area contributed by atoms with Crippen LogP contribution in [0.5, 0.6) is 0 Å². The van der Waals surface area contributed by atoms with Gasteiger partial charge in [-0.15, -0.1) is 0 Å². The molecule has 4 nitrogen and oxygen atoms in total. The normalized spacial score (nSPS) is 15.1. The van der Waals surface area contributed by atoms with Crippen LogP contribution in [-0.4, -0.2) is 43.7 Å². The van der Waals surface area contributed by atoms with Crippen LogP contribution in [-0.2, 0) is 0 Å². The Balaban J connectivity index is 1.78. The second-order valence-electron chi connectivity index (χ2n) is 5.36. The molecule has 0 bridgehead atoms. The second-order valence-corrected chi connectivity index (χ2v) is 6.22. The van der Waals surface area contributed by atoms with Gasteiger partial charge in [0.05, 0.1) is 5.69 Å². The summed E-state index contributed by atoms with van der Waals surface area (Å²) >= 11 is 3.59. The van der Waals surface area contributed by atoms with Crippen LogP contribution in [0.15, 0.2) is 28.7 Å². The van der Waals surface area contributed by atoms with E-state index in [-0.39, 0.29) is 6.03 Å². The molecular weight excluding hydrogens is 330 g/mol.